The zero-order chi connectivity index (χ0) is 20.1. The number of amides is 2. The van der Waals surface area contributed by atoms with Gasteiger partial charge in [0.25, 0.3) is 0 Å². The van der Waals surface area contributed by atoms with Crippen molar-refractivity contribution in [1.29, 1.82) is 0 Å². The first-order chi connectivity index (χ1) is 13.4. The van der Waals surface area contributed by atoms with Crippen LogP contribution >= 0.6 is 11.3 Å². The molecule has 3 N–H and O–H groups in total. The largest absolute Gasteiger partial charge is 0.392 e. The second-order valence-electron chi connectivity index (χ2n) is 7.01. The Balaban J connectivity index is 1.56. The van der Waals surface area contributed by atoms with Gasteiger partial charge in [-0.25, -0.2) is 0 Å². The van der Waals surface area contributed by atoms with Gasteiger partial charge in [0.1, 0.15) is 5.01 Å². The number of hydrogen-bond donors (Lipinski definition) is 2. The van der Waals surface area contributed by atoms with Gasteiger partial charge >= 0.3 is 0 Å². The highest BCUT2D eigenvalue weighted by Gasteiger charge is 2.36. The number of aliphatic hydroxyl groups is 1. The van der Waals surface area contributed by atoms with Crippen LogP contribution in [0.1, 0.15) is 17.0 Å². The molecule has 0 bridgehead atoms. The predicted molar refractivity (Wildman–Crippen MR) is 107 cm³/mol. The van der Waals surface area contributed by atoms with Crippen molar-refractivity contribution in [1.82, 2.24) is 20.0 Å². The van der Waals surface area contributed by atoms with Crippen LogP contribution in [0.4, 0.5) is 5.13 Å². The SMILES string of the molecule is CN(CCc1ccccc1)C(=O)[C@H]1CN(C(=O)Cc2nnc(N)s2)CC[C@H]1O. The van der Waals surface area contributed by atoms with Crippen LogP contribution in [0.3, 0.4) is 0 Å². The molecular formula is C19H25N5O3S. The van der Waals surface area contributed by atoms with Crippen LogP contribution in [0.25, 0.3) is 0 Å². The van der Waals surface area contributed by atoms with Crippen LogP contribution < -0.4 is 5.73 Å². The van der Waals surface area contributed by atoms with E-state index in [0.717, 1.165) is 12.0 Å². The van der Waals surface area contributed by atoms with Crippen molar-refractivity contribution in [3.8, 4) is 0 Å². The number of likely N-dealkylation sites (N-methyl/N-ethyl adjacent to an activating group) is 1. The number of nitrogen functional groups attached to an aromatic ring is 1. The Bertz CT molecular complexity index is 813. The van der Waals surface area contributed by atoms with E-state index in [0.29, 0.717) is 29.6 Å². The molecule has 0 radical (unpaired) electrons. The number of anilines is 1. The van der Waals surface area contributed by atoms with Crippen molar-refractivity contribution in [3.05, 3.63) is 40.9 Å². The summed E-state index contributed by atoms with van der Waals surface area (Å²) in [6, 6.07) is 9.94. The number of rotatable bonds is 6. The third-order valence-corrected chi connectivity index (χ3v) is 5.74. The molecule has 1 aliphatic heterocycles. The van der Waals surface area contributed by atoms with Gasteiger partial charge < -0.3 is 20.6 Å². The first-order valence-electron chi connectivity index (χ1n) is 9.26. The molecule has 1 fully saturated rings. The van der Waals surface area contributed by atoms with Crippen molar-refractivity contribution in [2.45, 2.75) is 25.4 Å². The Morgan fingerprint density at radius 1 is 1.32 bits per heavy atom. The maximum atomic E-state index is 12.9. The fourth-order valence-electron chi connectivity index (χ4n) is 3.32. The number of carbonyl (C=O) groups excluding carboxylic acids is 2. The van der Waals surface area contributed by atoms with Crippen molar-refractivity contribution < 1.29 is 14.7 Å². The van der Waals surface area contributed by atoms with E-state index in [9.17, 15) is 14.7 Å². The van der Waals surface area contributed by atoms with Crippen molar-refractivity contribution in [3.63, 3.8) is 0 Å². The van der Waals surface area contributed by atoms with Crippen molar-refractivity contribution in [2.24, 2.45) is 5.92 Å². The number of benzene rings is 1. The van der Waals surface area contributed by atoms with E-state index in [1.807, 2.05) is 30.3 Å². The smallest absolute Gasteiger partial charge is 0.229 e. The number of aromatic nitrogens is 2. The zero-order valence-corrected chi connectivity index (χ0v) is 16.6. The number of carbonyl (C=O) groups is 2. The Kier molecular flexibility index (Phi) is 6.58. The van der Waals surface area contributed by atoms with Crippen LogP contribution in [-0.2, 0) is 22.4 Å². The van der Waals surface area contributed by atoms with Gasteiger partial charge in [0.05, 0.1) is 18.4 Å². The Labute approximate surface area is 168 Å². The number of likely N-dealkylation sites (tertiary alicyclic amines) is 1. The second kappa shape index (κ2) is 9.11. The Hall–Kier alpha value is -2.52. The molecule has 3 rings (SSSR count). The second-order valence-corrected chi connectivity index (χ2v) is 8.10. The summed E-state index contributed by atoms with van der Waals surface area (Å²) in [5, 5.41) is 18.8. The zero-order valence-electron chi connectivity index (χ0n) is 15.8. The molecule has 28 heavy (non-hydrogen) atoms. The number of aliphatic hydroxyl groups excluding tert-OH is 1. The molecule has 8 nitrogen and oxygen atoms in total. The maximum Gasteiger partial charge on any atom is 0.229 e. The minimum absolute atomic E-state index is 0.107. The van der Waals surface area contributed by atoms with Crippen LogP contribution in [0.5, 0.6) is 0 Å². The van der Waals surface area contributed by atoms with E-state index in [1.165, 1.54) is 11.3 Å². The maximum absolute atomic E-state index is 12.9. The van der Waals surface area contributed by atoms with Crippen molar-refractivity contribution >= 4 is 28.3 Å². The van der Waals surface area contributed by atoms with Crippen LogP contribution in [-0.4, -0.2) is 69.7 Å². The molecule has 1 saturated heterocycles. The minimum Gasteiger partial charge on any atom is -0.392 e. The minimum atomic E-state index is -0.743. The molecule has 2 atom stereocenters. The summed E-state index contributed by atoms with van der Waals surface area (Å²) >= 11 is 1.18. The lowest BCUT2D eigenvalue weighted by Gasteiger charge is -2.37. The quantitative estimate of drug-likeness (QED) is 0.729. The highest BCUT2D eigenvalue weighted by Crippen LogP contribution is 2.21. The monoisotopic (exact) mass is 403 g/mol. The van der Waals surface area contributed by atoms with Gasteiger partial charge in [-0.3, -0.25) is 9.59 Å². The number of nitrogens with zero attached hydrogens (tertiary/aromatic N) is 4. The molecule has 2 amide bonds. The summed E-state index contributed by atoms with van der Waals surface area (Å²) in [4.78, 5) is 28.7. The number of piperidine rings is 1. The lowest BCUT2D eigenvalue weighted by Crippen LogP contribution is -2.52. The summed E-state index contributed by atoms with van der Waals surface area (Å²) in [5.41, 5.74) is 6.71. The average molecular weight is 404 g/mol. The number of hydrogen-bond acceptors (Lipinski definition) is 7. The molecule has 2 heterocycles. The normalized spacial score (nSPS) is 19.4. The lowest BCUT2D eigenvalue weighted by molar-refractivity contribution is -0.145. The van der Waals surface area contributed by atoms with Gasteiger partial charge in [0.15, 0.2) is 0 Å². The van der Waals surface area contributed by atoms with Gasteiger partial charge in [0.2, 0.25) is 16.9 Å². The van der Waals surface area contributed by atoms with Gasteiger partial charge in [-0.2, -0.15) is 0 Å². The molecule has 0 spiro atoms. The van der Waals surface area contributed by atoms with E-state index >= 15 is 0 Å². The lowest BCUT2D eigenvalue weighted by atomic mass is 9.93. The third-order valence-electron chi connectivity index (χ3n) is 4.99. The van der Waals surface area contributed by atoms with Gasteiger partial charge in [0, 0.05) is 26.7 Å². The highest BCUT2D eigenvalue weighted by molar-refractivity contribution is 7.15. The highest BCUT2D eigenvalue weighted by atomic mass is 32.1. The molecule has 1 aliphatic rings. The molecule has 1 aromatic carbocycles. The first-order valence-corrected chi connectivity index (χ1v) is 10.1. The topological polar surface area (TPSA) is 113 Å². The summed E-state index contributed by atoms with van der Waals surface area (Å²) in [7, 11) is 1.74. The molecular weight excluding hydrogens is 378 g/mol. The standard InChI is InChI=1S/C19H25N5O3S/c1-23(9-7-13-5-3-2-4-6-13)18(27)14-12-24(10-8-15(14)25)17(26)11-16-21-22-19(20)28-16/h2-6,14-15,25H,7-12H2,1H3,(H2,20,22)/t14-,15+/m0/s1. The molecule has 0 unspecified atom stereocenters. The Morgan fingerprint density at radius 2 is 2.07 bits per heavy atom. The van der Waals surface area contributed by atoms with Crippen LogP contribution in [0.15, 0.2) is 30.3 Å². The van der Waals surface area contributed by atoms with Gasteiger partial charge in [-0.1, -0.05) is 41.7 Å². The molecule has 2 aromatic rings. The summed E-state index contributed by atoms with van der Waals surface area (Å²) in [6.45, 7) is 1.19. The average Bonchev–Trinajstić information content (AvgIpc) is 3.11. The number of nitrogens with two attached hydrogens (primary N) is 1. The molecule has 1 aromatic heterocycles. The van der Waals surface area contributed by atoms with Crippen LogP contribution in [0.2, 0.25) is 0 Å². The van der Waals surface area contributed by atoms with Crippen molar-refractivity contribution in [2.75, 3.05) is 32.4 Å². The molecule has 150 valence electrons. The third kappa shape index (κ3) is 5.05. The predicted octanol–water partition coefficient (Wildman–Crippen LogP) is 0.573. The molecule has 0 aliphatic carbocycles. The van der Waals surface area contributed by atoms with E-state index in [-0.39, 0.29) is 24.8 Å². The van der Waals surface area contributed by atoms with Crippen LogP contribution in [0, 0.1) is 5.92 Å². The fourth-order valence-corrected chi connectivity index (χ4v) is 3.92. The Morgan fingerprint density at radius 3 is 2.75 bits per heavy atom. The summed E-state index contributed by atoms with van der Waals surface area (Å²) in [6.07, 6.45) is 0.489. The van der Waals surface area contributed by atoms with E-state index in [4.69, 9.17) is 5.73 Å². The fraction of sp³-hybridized carbons (Fsp3) is 0.474. The first kappa shape index (κ1) is 20.2. The van der Waals surface area contributed by atoms with Gasteiger partial charge in [-0.05, 0) is 18.4 Å². The molecule has 0 saturated carbocycles. The van der Waals surface area contributed by atoms with E-state index < -0.39 is 12.0 Å². The van der Waals surface area contributed by atoms with Gasteiger partial charge in [-0.15, -0.1) is 10.2 Å². The van der Waals surface area contributed by atoms with E-state index in [1.54, 1.807) is 16.8 Å². The molecule has 9 heteroatoms. The summed E-state index contributed by atoms with van der Waals surface area (Å²) in [5.74, 6) is -0.883. The summed E-state index contributed by atoms with van der Waals surface area (Å²) < 4.78 is 0. The van der Waals surface area contributed by atoms with E-state index in [2.05, 4.69) is 10.2 Å².